The molecule has 0 aromatic carbocycles. The zero-order valence-electron chi connectivity index (χ0n) is 7.36. The summed E-state index contributed by atoms with van der Waals surface area (Å²) in [5.74, 6) is 0.570. The summed E-state index contributed by atoms with van der Waals surface area (Å²) >= 11 is 0. The normalized spacial score (nSPS) is 9.69. The van der Waals surface area contributed by atoms with Gasteiger partial charge >= 0.3 is 0 Å². The van der Waals surface area contributed by atoms with Crippen LogP contribution in [0.1, 0.15) is 17.0 Å². The third kappa shape index (κ3) is 2.48. The quantitative estimate of drug-likeness (QED) is 0.662. The first-order valence-corrected chi connectivity index (χ1v) is 3.87. The van der Waals surface area contributed by atoms with Crippen molar-refractivity contribution in [2.45, 2.75) is 6.42 Å². The molecule has 0 saturated carbocycles. The minimum absolute atomic E-state index is 0.148. The molecule has 0 bridgehead atoms. The summed E-state index contributed by atoms with van der Waals surface area (Å²) < 4.78 is 4.85. The highest BCUT2D eigenvalue weighted by Crippen LogP contribution is 2.05. The Bertz CT molecular complexity index is 284. The molecule has 1 heterocycles. The van der Waals surface area contributed by atoms with Crippen LogP contribution >= 0.6 is 0 Å². The van der Waals surface area contributed by atoms with Crippen LogP contribution in [0.2, 0.25) is 0 Å². The molecule has 1 aromatic heterocycles. The van der Waals surface area contributed by atoms with Gasteiger partial charge in [0.15, 0.2) is 11.6 Å². The highest BCUT2D eigenvalue weighted by molar-refractivity contribution is 5.92. The van der Waals surface area contributed by atoms with Crippen molar-refractivity contribution in [3.63, 3.8) is 0 Å². The van der Waals surface area contributed by atoms with Crippen molar-refractivity contribution >= 4 is 5.78 Å². The number of Topliss-reactive ketones (excluding diaryl/α,β-unsaturated/α-hetero) is 1. The van der Waals surface area contributed by atoms with Crippen molar-refractivity contribution in [1.82, 2.24) is 9.97 Å². The van der Waals surface area contributed by atoms with Crippen molar-refractivity contribution in [3.8, 4) is 5.75 Å². The fraction of sp³-hybridized carbons (Fsp3) is 0.375. The number of carbonyl (C=O) groups excluding carboxylic acids is 1. The first-order chi connectivity index (χ1) is 6.27. The number of methoxy groups -OCH3 is 1. The summed E-state index contributed by atoms with van der Waals surface area (Å²) in [6.45, 7) is 0.314. The van der Waals surface area contributed by atoms with Gasteiger partial charge in [-0.2, -0.15) is 0 Å². The molecule has 5 nitrogen and oxygen atoms in total. The fourth-order valence-corrected chi connectivity index (χ4v) is 0.808. The Morgan fingerprint density at radius 3 is 2.62 bits per heavy atom. The lowest BCUT2D eigenvalue weighted by Crippen LogP contribution is -2.11. The molecule has 0 saturated heterocycles. The van der Waals surface area contributed by atoms with Crippen LogP contribution in [0.25, 0.3) is 0 Å². The lowest BCUT2D eigenvalue weighted by molar-refractivity contribution is 0.0975. The van der Waals surface area contributed by atoms with E-state index < -0.39 is 0 Å². The Balaban J connectivity index is 2.74. The monoisotopic (exact) mass is 181 g/mol. The standard InChI is InChI=1S/C8H11N3O2/c1-13-6-4-10-8(11-5-6)7(12)2-3-9/h4-5H,2-3,9H2,1H3. The van der Waals surface area contributed by atoms with E-state index in [-0.39, 0.29) is 18.0 Å². The predicted molar refractivity (Wildman–Crippen MR) is 46.6 cm³/mol. The number of carbonyl (C=O) groups is 1. The van der Waals surface area contributed by atoms with E-state index >= 15 is 0 Å². The van der Waals surface area contributed by atoms with Crippen molar-refractivity contribution in [1.29, 1.82) is 0 Å². The van der Waals surface area contributed by atoms with Crippen molar-refractivity contribution in [3.05, 3.63) is 18.2 Å². The SMILES string of the molecule is COc1cnc(C(=O)CCN)nc1. The number of nitrogens with zero attached hydrogens (tertiary/aromatic N) is 2. The van der Waals surface area contributed by atoms with Crippen LogP contribution in [0.5, 0.6) is 5.75 Å². The third-order valence-corrected chi connectivity index (χ3v) is 1.48. The average Bonchev–Trinajstić information content (AvgIpc) is 2.18. The van der Waals surface area contributed by atoms with Gasteiger partial charge in [0, 0.05) is 6.42 Å². The van der Waals surface area contributed by atoms with Gasteiger partial charge in [-0.3, -0.25) is 4.79 Å². The van der Waals surface area contributed by atoms with Crippen molar-refractivity contribution in [2.75, 3.05) is 13.7 Å². The van der Waals surface area contributed by atoms with Crippen LogP contribution in [-0.4, -0.2) is 29.4 Å². The van der Waals surface area contributed by atoms with Gasteiger partial charge in [0.25, 0.3) is 0 Å². The Labute approximate surface area is 75.9 Å². The second-order valence-electron chi connectivity index (χ2n) is 2.41. The largest absolute Gasteiger partial charge is 0.494 e. The summed E-state index contributed by atoms with van der Waals surface area (Å²) in [5.41, 5.74) is 5.22. The zero-order chi connectivity index (χ0) is 9.68. The Morgan fingerprint density at radius 2 is 2.15 bits per heavy atom. The maximum absolute atomic E-state index is 11.2. The number of ether oxygens (including phenoxy) is 1. The Kier molecular flexibility index (Phi) is 3.33. The van der Waals surface area contributed by atoms with Gasteiger partial charge in [0.05, 0.1) is 19.5 Å². The lowest BCUT2D eigenvalue weighted by Gasteiger charge is -1.99. The van der Waals surface area contributed by atoms with E-state index in [1.54, 1.807) is 0 Å². The van der Waals surface area contributed by atoms with Crippen LogP contribution in [0, 0.1) is 0 Å². The highest BCUT2D eigenvalue weighted by atomic mass is 16.5. The molecule has 5 heteroatoms. The van der Waals surface area contributed by atoms with Gasteiger partial charge < -0.3 is 10.5 Å². The molecule has 0 fully saturated rings. The number of nitrogens with two attached hydrogens (primary N) is 1. The molecule has 0 radical (unpaired) electrons. The van der Waals surface area contributed by atoms with Crippen LogP contribution in [-0.2, 0) is 0 Å². The Morgan fingerprint density at radius 1 is 1.54 bits per heavy atom. The molecule has 13 heavy (non-hydrogen) atoms. The molecule has 2 N–H and O–H groups in total. The van der Waals surface area contributed by atoms with E-state index in [1.807, 2.05) is 0 Å². The molecule has 0 spiro atoms. The van der Waals surface area contributed by atoms with Crippen LogP contribution in [0.3, 0.4) is 0 Å². The van der Waals surface area contributed by atoms with Crippen molar-refractivity contribution < 1.29 is 9.53 Å². The zero-order valence-corrected chi connectivity index (χ0v) is 7.36. The maximum atomic E-state index is 11.2. The van der Waals surface area contributed by atoms with Gasteiger partial charge in [-0.1, -0.05) is 0 Å². The summed E-state index contributed by atoms with van der Waals surface area (Å²) in [4.78, 5) is 18.9. The highest BCUT2D eigenvalue weighted by Gasteiger charge is 2.07. The average molecular weight is 181 g/mol. The first kappa shape index (κ1) is 9.60. The fourth-order valence-electron chi connectivity index (χ4n) is 0.808. The van der Waals surface area contributed by atoms with E-state index in [2.05, 4.69) is 9.97 Å². The van der Waals surface area contributed by atoms with Crippen LogP contribution < -0.4 is 10.5 Å². The van der Waals surface area contributed by atoms with Gasteiger partial charge in [-0.15, -0.1) is 0 Å². The molecule has 1 aromatic rings. The van der Waals surface area contributed by atoms with Gasteiger partial charge in [-0.25, -0.2) is 9.97 Å². The number of ketones is 1. The minimum atomic E-state index is -0.148. The second kappa shape index (κ2) is 4.51. The third-order valence-electron chi connectivity index (χ3n) is 1.48. The molecule has 0 aliphatic carbocycles. The van der Waals surface area contributed by atoms with E-state index in [9.17, 15) is 4.79 Å². The van der Waals surface area contributed by atoms with E-state index in [0.717, 1.165) is 0 Å². The van der Waals surface area contributed by atoms with Gasteiger partial charge in [0.2, 0.25) is 5.78 Å². The molecule has 1 rings (SSSR count). The predicted octanol–water partition coefficient (Wildman–Crippen LogP) is 0.0167. The van der Waals surface area contributed by atoms with E-state index in [0.29, 0.717) is 12.3 Å². The second-order valence-corrected chi connectivity index (χ2v) is 2.41. The molecule has 70 valence electrons. The first-order valence-electron chi connectivity index (χ1n) is 3.87. The van der Waals surface area contributed by atoms with Crippen molar-refractivity contribution in [2.24, 2.45) is 5.73 Å². The maximum Gasteiger partial charge on any atom is 0.201 e. The van der Waals surface area contributed by atoms with Crippen LogP contribution in [0.4, 0.5) is 0 Å². The molecule has 0 amide bonds. The van der Waals surface area contributed by atoms with E-state index in [4.69, 9.17) is 10.5 Å². The minimum Gasteiger partial charge on any atom is -0.494 e. The number of aromatic nitrogens is 2. The van der Waals surface area contributed by atoms with Crippen LogP contribution in [0.15, 0.2) is 12.4 Å². The molecule has 0 aliphatic rings. The molecule has 0 aliphatic heterocycles. The molecular formula is C8H11N3O2. The number of hydrogen-bond acceptors (Lipinski definition) is 5. The number of rotatable bonds is 4. The summed E-state index contributed by atoms with van der Waals surface area (Å²) in [7, 11) is 1.51. The summed E-state index contributed by atoms with van der Waals surface area (Å²) in [5, 5.41) is 0. The summed E-state index contributed by atoms with van der Waals surface area (Å²) in [6.07, 6.45) is 3.18. The molecule has 0 unspecified atom stereocenters. The lowest BCUT2D eigenvalue weighted by atomic mass is 10.3. The molecule has 0 atom stereocenters. The summed E-state index contributed by atoms with van der Waals surface area (Å²) in [6, 6.07) is 0. The topological polar surface area (TPSA) is 78.1 Å². The Hall–Kier alpha value is -1.49. The van der Waals surface area contributed by atoms with Gasteiger partial charge in [0.1, 0.15) is 0 Å². The number of hydrogen-bond donors (Lipinski definition) is 1. The van der Waals surface area contributed by atoms with Gasteiger partial charge in [-0.05, 0) is 6.54 Å². The smallest absolute Gasteiger partial charge is 0.201 e. The molecular weight excluding hydrogens is 170 g/mol. The van der Waals surface area contributed by atoms with E-state index in [1.165, 1.54) is 19.5 Å².